The molecule has 0 amide bonds. The third-order valence-corrected chi connectivity index (χ3v) is 2.99. The normalized spacial score (nSPS) is 10.2. The summed E-state index contributed by atoms with van der Waals surface area (Å²) in [7, 11) is 0. The third kappa shape index (κ3) is 3.08. The van der Waals surface area contributed by atoms with Crippen molar-refractivity contribution in [2.24, 2.45) is 0 Å². The van der Waals surface area contributed by atoms with Crippen LogP contribution in [0.4, 0.5) is 4.39 Å². The molecule has 0 saturated carbocycles. The molecule has 2 aromatic carbocycles. The molecule has 21 heavy (non-hydrogen) atoms. The van der Waals surface area contributed by atoms with Crippen LogP contribution in [0.25, 0.3) is 0 Å². The SMILES string of the molecule is CC(=O)c1ccc(Oc2c(C)cccc2C(=O)O)c(F)c1. The first-order valence-corrected chi connectivity index (χ1v) is 6.21. The van der Waals surface area contributed by atoms with Gasteiger partial charge in [0, 0.05) is 5.56 Å². The lowest BCUT2D eigenvalue weighted by atomic mass is 10.1. The van der Waals surface area contributed by atoms with Crippen LogP contribution in [0.2, 0.25) is 0 Å². The third-order valence-electron chi connectivity index (χ3n) is 2.99. The molecule has 0 radical (unpaired) electrons. The number of benzene rings is 2. The molecule has 0 heterocycles. The van der Waals surface area contributed by atoms with Gasteiger partial charge >= 0.3 is 5.97 Å². The number of carbonyl (C=O) groups excluding carboxylic acids is 1. The zero-order valence-corrected chi connectivity index (χ0v) is 11.5. The Labute approximate surface area is 120 Å². The molecule has 0 aliphatic carbocycles. The van der Waals surface area contributed by atoms with E-state index in [1.54, 1.807) is 19.1 Å². The summed E-state index contributed by atoms with van der Waals surface area (Å²) in [4.78, 5) is 22.4. The lowest BCUT2D eigenvalue weighted by Gasteiger charge is -2.12. The van der Waals surface area contributed by atoms with E-state index in [0.717, 1.165) is 6.07 Å². The van der Waals surface area contributed by atoms with Gasteiger partial charge in [-0.2, -0.15) is 0 Å². The molecule has 0 spiro atoms. The van der Waals surface area contributed by atoms with Gasteiger partial charge in [-0.1, -0.05) is 12.1 Å². The quantitative estimate of drug-likeness (QED) is 0.868. The van der Waals surface area contributed by atoms with Gasteiger partial charge in [0.05, 0.1) is 0 Å². The van der Waals surface area contributed by atoms with E-state index < -0.39 is 11.8 Å². The van der Waals surface area contributed by atoms with Crippen molar-refractivity contribution in [1.82, 2.24) is 0 Å². The maximum absolute atomic E-state index is 13.9. The predicted octanol–water partition coefficient (Wildman–Crippen LogP) is 3.83. The summed E-state index contributed by atoms with van der Waals surface area (Å²) in [5.41, 5.74) is 0.748. The fourth-order valence-electron chi connectivity index (χ4n) is 1.87. The van der Waals surface area contributed by atoms with Gasteiger partial charge in [0.1, 0.15) is 11.3 Å². The van der Waals surface area contributed by atoms with Crippen molar-refractivity contribution >= 4 is 11.8 Å². The number of ether oxygens (including phenoxy) is 1. The van der Waals surface area contributed by atoms with Crippen LogP contribution in [0.15, 0.2) is 36.4 Å². The molecule has 0 aliphatic rings. The molecule has 2 aromatic rings. The fourth-order valence-corrected chi connectivity index (χ4v) is 1.87. The molecular formula is C16H13FO4. The minimum Gasteiger partial charge on any atom is -0.478 e. The Morgan fingerprint density at radius 1 is 1.19 bits per heavy atom. The van der Waals surface area contributed by atoms with Crippen LogP contribution in [0.3, 0.4) is 0 Å². The summed E-state index contributed by atoms with van der Waals surface area (Å²) >= 11 is 0. The molecule has 0 bridgehead atoms. The highest BCUT2D eigenvalue weighted by molar-refractivity contribution is 5.94. The van der Waals surface area contributed by atoms with E-state index in [-0.39, 0.29) is 28.4 Å². The number of aryl methyl sites for hydroxylation is 1. The van der Waals surface area contributed by atoms with Crippen molar-refractivity contribution in [2.45, 2.75) is 13.8 Å². The standard InChI is InChI=1S/C16H13FO4/c1-9-4-3-5-12(16(19)20)15(9)21-14-7-6-11(10(2)18)8-13(14)17/h3-8H,1-2H3,(H,19,20). The van der Waals surface area contributed by atoms with Gasteiger partial charge in [-0.25, -0.2) is 9.18 Å². The molecule has 2 rings (SSSR count). The lowest BCUT2D eigenvalue weighted by molar-refractivity contribution is 0.0693. The van der Waals surface area contributed by atoms with Gasteiger partial charge < -0.3 is 9.84 Å². The highest BCUT2D eigenvalue weighted by Crippen LogP contribution is 2.31. The zero-order valence-electron chi connectivity index (χ0n) is 11.5. The van der Waals surface area contributed by atoms with Gasteiger partial charge in [-0.05, 0) is 43.7 Å². The molecule has 0 aromatic heterocycles. The topological polar surface area (TPSA) is 63.6 Å². The molecule has 0 atom stereocenters. The smallest absolute Gasteiger partial charge is 0.339 e. The summed E-state index contributed by atoms with van der Waals surface area (Å²) in [5.74, 6) is -2.18. The lowest BCUT2D eigenvalue weighted by Crippen LogP contribution is -2.02. The maximum atomic E-state index is 13.9. The van der Waals surface area contributed by atoms with E-state index in [4.69, 9.17) is 9.84 Å². The first-order valence-electron chi connectivity index (χ1n) is 6.21. The largest absolute Gasteiger partial charge is 0.478 e. The van der Waals surface area contributed by atoms with E-state index in [1.165, 1.54) is 25.1 Å². The molecule has 1 N–H and O–H groups in total. The van der Waals surface area contributed by atoms with Gasteiger partial charge in [-0.15, -0.1) is 0 Å². The Morgan fingerprint density at radius 3 is 2.48 bits per heavy atom. The number of para-hydroxylation sites is 1. The number of carboxylic acids is 1. The van der Waals surface area contributed by atoms with Crippen LogP contribution in [-0.2, 0) is 0 Å². The van der Waals surface area contributed by atoms with E-state index in [1.807, 2.05) is 0 Å². The number of hydrogen-bond acceptors (Lipinski definition) is 3. The van der Waals surface area contributed by atoms with Crippen LogP contribution >= 0.6 is 0 Å². The van der Waals surface area contributed by atoms with Crippen molar-refractivity contribution in [3.63, 3.8) is 0 Å². The number of aromatic carboxylic acids is 1. The fraction of sp³-hybridized carbons (Fsp3) is 0.125. The van der Waals surface area contributed by atoms with Gasteiger partial charge in [0.2, 0.25) is 0 Å². The maximum Gasteiger partial charge on any atom is 0.339 e. The minimum atomic E-state index is -1.16. The summed E-state index contributed by atoms with van der Waals surface area (Å²) in [6, 6.07) is 8.44. The van der Waals surface area contributed by atoms with Crippen LogP contribution in [0.1, 0.15) is 33.2 Å². The molecule has 5 heteroatoms. The van der Waals surface area contributed by atoms with Crippen LogP contribution in [0.5, 0.6) is 11.5 Å². The van der Waals surface area contributed by atoms with E-state index in [9.17, 15) is 14.0 Å². The summed E-state index contributed by atoms with van der Waals surface area (Å²) in [6.45, 7) is 3.00. The average Bonchev–Trinajstić information content (AvgIpc) is 2.42. The highest BCUT2D eigenvalue weighted by Gasteiger charge is 2.16. The first kappa shape index (κ1) is 14.7. The Bertz CT molecular complexity index is 722. The van der Waals surface area contributed by atoms with E-state index in [2.05, 4.69) is 0 Å². The number of carboxylic acid groups (broad SMARTS) is 1. The van der Waals surface area contributed by atoms with Crippen molar-refractivity contribution in [3.05, 3.63) is 58.9 Å². The second-order valence-electron chi connectivity index (χ2n) is 4.56. The number of ketones is 1. The Morgan fingerprint density at radius 2 is 1.90 bits per heavy atom. The van der Waals surface area contributed by atoms with Crippen molar-refractivity contribution in [2.75, 3.05) is 0 Å². The first-order chi connectivity index (χ1) is 9.90. The molecule has 0 aliphatic heterocycles. The summed E-state index contributed by atoms with van der Waals surface area (Å²) in [6.07, 6.45) is 0. The number of carbonyl (C=O) groups is 2. The second kappa shape index (κ2) is 5.75. The molecule has 0 unspecified atom stereocenters. The Kier molecular flexibility index (Phi) is 4.03. The minimum absolute atomic E-state index is 0.0509. The van der Waals surface area contributed by atoms with E-state index >= 15 is 0 Å². The summed E-state index contributed by atoms with van der Waals surface area (Å²) < 4.78 is 19.3. The number of Topliss-reactive ketones (excluding diaryl/α,β-unsaturated/α-hetero) is 1. The zero-order chi connectivity index (χ0) is 15.6. The summed E-state index contributed by atoms with van der Waals surface area (Å²) in [5, 5.41) is 9.14. The molecule has 4 nitrogen and oxygen atoms in total. The van der Waals surface area contributed by atoms with Gasteiger partial charge in [0.15, 0.2) is 17.3 Å². The highest BCUT2D eigenvalue weighted by atomic mass is 19.1. The Hall–Kier alpha value is -2.69. The van der Waals surface area contributed by atoms with Gasteiger partial charge in [0.25, 0.3) is 0 Å². The van der Waals surface area contributed by atoms with Crippen LogP contribution in [0, 0.1) is 12.7 Å². The molecule has 108 valence electrons. The van der Waals surface area contributed by atoms with Crippen molar-refractivity contribution < 1.29 is 23.8 Å². The predicted molar refractivity (Wildman–Crippen MR) is 74.6 cm³/mol. The van der Waals surface area contributed by atoms with Gasteiger partial charge in [-0.3, -0.25) is 4.79 Å². The molecular weight excluding hydrogens is 275 g/mol. The van der Waals surface area contributed by atoms with E-state index in [0.29, 0.717) is 5.56 Å². The van der Waals surface area contributed by atoms with Crippen LogP contribution < -0.4 is 4.74 Å². The monoisotopic (exact) mass is 288 g/mol. The number of rotatable bonds is 4. The Balaban J connectivity index is 2.44. The van der Waals surface area contributed by atoms with Crippen molar-refractivity contribution in [3.8, 4) is 11.5 Å². The molecule has 0 saturated heterocycles. The average molecular weight is 288 g/mol. The number of hydrogen-bond donors (Lipinski definition) is 1. The molecule has 0 fully saturated rings. The van der Waals surface area contributed by atoms with Crippen LogP contribution in [-0.4, -0.2) is 16.9 Å². The number of halogens is 1. The van der Waals surface area contributed by atoms with Crippen molar-refractivity contribution in [1.29, 1.82) is 0 Å². The second-order valence-corrected chi connectivity index (χ2v) is 4.56.